The fraction of sp³-hybridized carbons (Fsp3) is 0.667. The van der Waals surface area contributed by atoms with E-state index in [2.05, 4.69) is 6.92 Å². The molecule has 1 fully saturated rings. The fourth-order valence-corrected chi connectivity index (χ4v) is 2.01. The lowest BCUT2D eigenvalue weighted by atomic mass is 9.83. The van der Waals surface area contributed by atoms with Crippen LogP contribution in [0, 0.1) is 17.2 Å². The molecule has 0 aliphatic heterocycles. The molecule has 82 valence electrons. The van der Waals surface area contributed by atoms with Gasteiger partial charge in [-0.05, 0) is 37.7 Å². The molecule has 0 heterocycles. The zero-order valence-electron chi connectivity index (χ0n) is 9.38. The SMILES string of the molecule is CCOC(=O)/C(C#N)=C1\CCCC[C@@H]1C. The fourth-order valence-electron chi connectivity index (χ4n) is 2.01. The molecule has 0 aromatic heterocycles. The van der Waals surface area contributed by atoms with Crippen LogP contribution in [0.15, 0.2) is 11.1 Å². The number of hydrogen-bond donors (Lipinski definition) is 0. The summed E-state index contributed by atoms with van der Waals surface area (Å²) in [7, 11) is 0. The van der Waals surface area contributed by atoms with Gasteiger partial charge in [-0.2, -0.15) is 5.26 Å². The van der Waals surface area contributed by atoms with Gasteiger partial charge >= 0.3 is 5.97 Å². The monoisotopic (exact) mass is 207 g/mol. The lowest BCUT2D eigenvalue weighted by molar-refractivity contribution is -0.138. The second kappa shape index (κ2) is 5.55. The summed E-state index contributed by atoms with van der Waals surface area (Å²) in [6.45, 7) is 4.15. The quantitative estimate of drug-likeness (QED) is 0.397. The van der Waals surface area contributed by atoms with Crippen molar-refractivity contribution in [1.29, 1.82) is 5.26 Å². The van der Waals surface area contributed by atoms with Gasteiger partial charge in [0.25, 0.3) is 0 Å². The molecule has 1 saturated carbocycles. The van der Waals surface area contributed by atoms with E-state index in [1.165, 1.54) is 6.42 Å². The molecule has 0 amide bonds. The molecule has 0 bridgehead atoms. The first-order valence-electron chi connectivity index (χ1n) is 5.51. The number of allylic oxidation sites excluding steroid dienone is 1. The third-order valence-corrected chi connectivity index (χ3v) is 2.84. The van der Waals surface area contributed by atoms with E-state index in [0.29, 0.717) is 12.5 Å². The molecule has 3 heteroatoms. The van der Waals surface area contributed by atoms with Gasteiger partial charge in [0, 0.05) is 0 Å². The Morgan fingerprint density at radius 2 is 2.33 bits per heavy atom. The van der Waals surface area contributed by atoms with Gasteiger partial charge in [-0.1, -0.05) is 13.3 Å². The van der Waals surface area contributed by atoms with E-state index in [1.54, 1.807) is 6.92 Å². The van der Waals surface area contributed by atoms with E-state index in [9.17, 15) is 4.79 Å². The first-order chi connectivity index (χ1) is 7.20. The van der Waals surface area contributed by atoms with Gasteiger partial charge in [-0.25, -0.2) is 4.79 Å². The highest BCUT2D eigenvalue weighted by molar-refractivity contribution is 5.93. The van der Waals surface area contributed by atoms with Crippen molar-refractivity contribution in [3.8, 4) is 6.07 Å². The van der Waals surface area contributed by atoms with Gasteiger partial charge in [-0.15, -0.1) is 0 Å². The predicted octanol–water partition coefficient (Wildman–Crippen LogP) is 2.58. The maximum absolute atomic E-state index is 11.5. The molecule has 1 atom stereocenters. The van der Waals surface area contributed by atoms with Crippen molar-refractivity contribution in [3.63, 3.8) is 0 Å². The molecular formula is C12H17NO2. The standard InChI is InChI=1S/C12H17NO2/c1-3-15-12(14)11(8-13)10-7-5-4-6-9(10)2/h9H,3-7H2,1-2H3/b11-10+/t9-/m0/s1. The highest BCUT2D eigenvalue weighted by Gasteiger charge is 2.23. The molecule has 1 aliphatic rings. The van der Waals surface area contributed by atoms with E-state index in [0.717, 1.165) is 24.8 Å². The van der Waals surface area contributed by atoms with E-state index >= 15 is 0 Å². The van der Waals surface area contributed by atoms with Crippen LogP contribution in [0.4, 0.5) is 0 Å². The van der Waals surface area contributed by atoms with Crippen molar-refractivity contribution in [2.24, 2.45) is 5.92 Å². The van der Waals surface area contributed by atoms with Crippen molar-refractivity contribution in [2.45, 2.75) is 39.5 Å². The molecule has 0 aromatic carbocycles. The van der Waals surface area contributed by atoms with Gasteiger partial charge in [0.2, 0.25) is 0 Å². The molecule has 0 radical (unpaired) electrons. The summed E-state index contributed by atoms with van der Waals surface area (Å²) >= 11 is 0. The van der Waals surface area contributed by atoms with E-state index in [4.69, 9.17) is 10.00 Å². The molecule has 0 spiro atoms. The zero-order valence-corrected chi connectivity index (χ0v) is 9.38. The summed E-state index contributed by atoms with van der Waals surface area (Å²) in [4.78, 5) is 11.5. The van der Waals surface area contributed by atoms with Crippen molar-refractivity contribution >= 4 is 5.97 Å². The maximum atomic E-state index is 11.5. The van der Waals surface area contributed by atoms with Crippen molar-refractivity contribution in [2.75, 3.05) is 6.61 Å². The maximum Gasteiger partial charge on any atom is 0.348 e. The lowest BCUT2D eigenvalue weighted by Gasteiger charge is -2.22. The number of nitriles is 1. The summed E-state index contributed by atoms with van der Waals surface area (Å²) in [5.41, 5.74) is 1.23. The molecule has 3 nitrogen and oxygen atoms in total. The van der Waals surface area contributed by atoms with Gasteiger partial charge in [0.1, 0.15) is 11.6 Å². The third-order valence-electron chi connectivity index (χ3n) is 2.84. The number of ether oxygens (including phenoxy) is 1. The Balaban J connectivity index is 2.91. The molecular weight excluding hydrogens is 190 g/mol. The molecule has 0 N–H and O–H groups in total. The van der Waals surface area contributed by atoms with Crippen molar-refractivity contribution in [3.05, 3.63) is 11.1 Å². The number of esters is 1. The Morgan fingerprint density at radius 3 is 2.87 bits per heavy atom. The van der Waals surface area contributed by atoms with Gasteiger partial charge in [-0.3, -0.25) is 0 Å². The second-order valence-corrected chi connectivity index (χ2v) is 3.88. The van der Waals surface area contributed by atoms with Gasteiger partial charge < -0.3 is 4.74 Å². The minimum Gasteiger partial charge on any atom is -0.462 e. The Kier molecular flexibility index (Phi) is 4.36. The number of rotatable bonds is 2. The second-order valence-electron chi connectivity index (χ2n) is 3.88. The number of carbonyl (C=O) groups is 1. The molecule has 15 heavy (non-hydrogen) atoms. The van der Waals surface area contributed by atoms with E-state index < -0.39 is 5.97 Å². The molecule has 1 aliphatic carbocycles. The Labute approximate surface area is 90.7 Å². The smallest absolute Gasteiger partial charge is 0.348 e. The first kappa shape index (κ1) is 11.8. The molecule has 1 rings (SSSR count). The van der Waals surface area contributed by atoms with Crippen LogP contribution in [-0.4, -0.2) is 12.6 Å². The summed E-state index contributed by atoms with van der Waals surface area (Å²) in [5, 5.41) is 8.98. The van der Waals surface area contributed by atoms with E-state index in [-0.39, 0.29) is 5.57 Å². The van der Waals surface area contributed by atoms with Crippen LogP contribution in [-0.2, 0) is 9.53 Å². The summed E-state index contributed by atoms with van der Waals surface area (Å²) < 4.78 is 4.88. The van der Waals surface area contributed by atoms with E-state index in [1.807, 2.05) is 6.07 Å². The largest absolute Gasteiger partial charge is 0.462 e. The van der Waals surface area contributed by atoms with Crippen LogP contribution < -0.4 is 0 Å². The topological polar surface area (TPSA) is 50.1 Å². The van der Waals surface area contributed by atoms with Crippen LogP contribution in [0.2, 0.25) is 0 Å². The molecule has 0 unspecified atom stereocenters. The zero-order chi connectivity index (χ0) is 11.3. The van der Waals surface area contributed by atoms with Gasteiger partial charge in [0.15, 0.2) is 0 Å². The molecule has 0 aromatic rings. The third kappa shape index (κ3) is 2.82. The van der Waals surface area contributed by atoms with Crippen LogP contribution in [0.3, 0.4) is 0 Å². The summed E-state index contributed by atoms with van der Waals surface area (Å²) in [6.07, 6.45) is 4.19. The Morgan fingerprint density at radius 1 is 1.60 bits per heavy atom. The minimum absolute atomic E-state index is 0.240. The normalized spacial score (nSPS) is 24.2. The molecule has 0 saturated heterocycles. The van der Waals surface area contributed by atoms with Crippen LogP contribution >= 0.6 is 0 Å². The Hall–Kier alpha value is -1.30. The number of nitrogens with zero attached hydrogens (tertiary/aromatic N) is 1. The van der Waals surface area contributed by atoms with Crippen LogP contribution in [0.5, 0.6) is 0 Å². The highest BCUT2D eigenvalue weighted by Crippen LogP contribution is 2.31. The first-order valence-corrected chi connectivity index (χ1v) is 5.51. The minimum atomic E-state index is -0.455. The van der Waals surface area contributed by atoms with Crippen molar-refractivity contribution < 1.29 is 9.53 Å². The summed E-state index contributed by atoms with van der Waals surface area (Å²) in [5.74, 6) is -0.110. The number of carbonyl (C=O) groups excluding carboxylic acids is 1. The average Bonchev–Trinajstić information content (AvgIpc) is 2.22. The highest BCUT2D eigenvalue weighted by atomic mass is 16.5. The van der Waals surface area contributed by atoms with Crippen molar-refractivity contribution in [1.82, 2.24) is 0 Å². The van der Waals surface area contributed by atoms with Crippen LogP contribution in [0.25, 0.3) is 0 Å². The van der Waals surface area contributed by atoms with Crippen LogP contribution in [0.1, 0.15) is 39.5 Å². The average molecular weight is 207 g/mol. The number of hydrogen-bond acceptors (Lipinski definition) is 3. The Bertz CT molecular complexity index is 312. The summed E-state index contributed by atoms with van der Waals surface area (Å²) in [6, 6.07) is 1.99. The predicted molar refractivity (Wildman–Crippen MR) is 56.9 cm³/mol. The van der Waals surface area contributed by atoms with Gasteiger partial charge in [0.05, 0.1) is 6.61 Å². The lowest BCUT2D eigenvalue weighted by Crippen LogP contribution is -2.15.